The summed E-state index contributed by atoms with van der Waals surface area (Å²) in [4.78, 5) is 0. The van der Waals surface area contributed by atoms with Gasteiger partial charge in [0.05, 0.1) is 5.60 Å². The lowest BCUT2D eigenvalue weighted by atomic mass is 9.63. The summed E-state index contributed by atoms with van der Waals surface area (Å²) in [5.74, 6) is 0.252. The van der Waals surface area contributed by atoms with Crippen LogP contribution in [0.1, 0.15) is 40.5 Å². The Labute approximate surface area is 97.6 Å². The van der Waals surface area contributed by atoms with Crippen molar-refractivity contribution in [1.82, 2.24) is 0 Å². The Morgan fingerprint density at radius 2 is 1.88 bits per heavy atom. The first kappa shape index (κ1) is 10.3. The molecule has 0 heterocycles. The molecule has 0 unspecified atom stereocenters. The highest BCUT2D eigenvalue weighted by Gasteiger charge is 2.62. The van der Waals surface area contributed by atoms with Crippen LogP contribution < -0.4 is 0 Å². The maximum atomic E-state index is 10.8. The van der Waals surface area contributed by atoms with E-state index in [2.05, 4.69) is 32.9 Å². The average molecular weight is 216 g/mol. The molecule has 0 aromatic carbocycles. The predicted molar refractivity (Wildman–Crippen MR) is 66.0 cm³/mol. The molecule has 2 atom stereocenters. The molecule has 1 saturated carbocycles. The van der Waals surface area contributed by atoms with Crippen molar-refractivity contribution in [2.24, 2.45) is 11.3 Å². The Balaban J connectivity index is 2.24. The van der Waals surface area contributed by atoms with Crippen LogP contribution in [0.4, 0.5) is 0 Å². The average Bonchev–Trinajstić information content (AvgIpc) is 2.94. The van der Waals surface area contributed by atoms with Crippen molar-refractivity contribution in [3.8, 4) is 0 Å². The fourth-order valence-corrected chi connectivity index (χ4v) is 3.72. The summed E-state index contributed by atoms with van der Waals surface area (Å²) >= 11 is 0. The third-order valence-corrected chi connectivity index (χ3v) is 5.22. The fourth-order valence-electron chi connectivity index (χ4n) is 3.72. The number of aliphatic hydroxyl groups is 1. The maximum absolute atomic E-state index is 10.8. The summed E-state index contributed by atoms with van der Waals surface area (Å²) in [6, 6.07) is 0. The molecule has 0 aromatic rings. The molecule has 1 fully saturated rings. The maximum Gasteiger partial charge on any atom is 0.0778 e. The van der Waals surface area contributed by atoms with E-state index >= 15 is 0 Å². The van der Waals surface area contributed by atoms with Gasteiger partial charge in [-0.25, -0.2) is 0 Å². The van der Waals surface area contributed by atoms with E-state index in [0.717, 1.165) is 12.8 Å². The standard InChI is InChI=1S/C15H20O/c1-9-7-12-10(2)14(4,16)15(5-6-15)11(3)13(12)8-9/h7-8,10,16H,5-6H2,1-4H3/t10-,14+/m1/s1. The molecular weight excluding hydrogens is 196 g/mol. The van der Waals surface area contributed by atoms with Crippen molar-refractivity contribution < 1.29 is 5.11 Å². The number of rotatable bonds is 0. The Bertz CT molecular complexity index is 456. The van der Waals surface area contributed by atoms with Gasteiger partial charge in [0.15, 0.2) is 0 Å². The van der Waals surface area contributed by atoms with Gasteiger partial charge in [0.1, 0.15) is 0 Å². The van der Waals surface area contributed by atoms with Gasteiger partial charge in [0.2, 0.25) is 0 Å². The topological polar surface area (TPSA) is 20.2 Å². The molecule has 0 bridgehead atoms. The summed E-state index contributed by atoms with van der Waals surface area (Å²) in [6.07, 6.45) is 6.84. The molecule has 1 spiro atoms. The van der Waals surface area contributed by atoms with Crippen molar-refractivity contribution in [2.45, 2.75) is 46.1 Å². The van der Waals surface area contributed by atoms with Crippen LogP contribution in [0.25, 0.3) is 0 Å². The summed E-state index contributed by atoms with van der Waals surface area (Å²) in [7, 11) is 0. The van der Waals surface area contributed by atoms with Gasteiger partial charge >= 0.3 is 0 Å². The Kier molecular flexibility index (Phi) is 1.75. The zero-order valence-electron chi connectivity index (χ0n) is 10.6. The van der Waals surface area contributed by atoms with Crippen LogP contribution >= 0.6 is 0 Å². The first-order chi connectivity index (χ1) is 7.40. The monoisotopic (exact) mass is 216 g/mol. The van der Waals surface area contributed by atoms with Crippen LogP contribution in [-0.4, -0.2) is 10.7 Å². The first-order valence-corrected chi connectivity index (χ1v) is 6.24. The smallest absolute Gasteiger partial charge is 0.0778 e. The molecule has 16 heavy (non-hydrogen) atoms. The number of allylic oxidation sites excluding steroid dienone is 4. The lowest BCUT2D eigenvalue weighted by Gasteiger charge is -2.45. The molecule has 0 aromatic heterocycles. The molecule has 0 amide bonds. The normalized spacial score (nSPS) is 39.7. The second kappa shape index (κ2) is 2.70. The summed E-state index contributed by atoms with van der Waals surface area (Å²) in [5, 5.41) is 10.8. The van der Waals surface area contributed by atoms with Gasteiger partial charge in [0.25, 0.3) is 0 Å². The van der Waals surface area contributed by atoms with E-state index in [1.165, 1.54) is 22.3 Å². The van der Waals surface area contributed by atoms with Crippen molar-refractivity contribution >= 4 is 0 Å². The largest absolute Gasteiger partial charge is 0.389 e. The number of hydrogen-bond donors (Lipinski definition) is 1. The van der Waals surface area contributed by atoms with Crippen LogP contribution in [0.15, 0.2) is 34.4 Å². The van der Waals surface area contributed by atoms with Crippen molar-refractivity contribution in [1.29, 1.82) is 0 Å². The molecule has 0 radical (unpaired) electrons. The van der Waals surface area contributed by atoms with Crippen molar-refractivity contribution in [2.75, 3.05) is 0 Å². The number of hydrogen-bond acceptors (Lipinski definition) is 1. The summed E-state index contributed by atoms with van der Waals surface area (Å²) < 4.78 is 0. The minimum atomic E-state index is -0.565. The van der Waals surface area contributed by atoms with Crippen LogP contribution in [0, 0.1) is 11.3 Å². The van der Waals surface area contributed by atoms with Crippen LogP contribution in [-0.2, 0) is 0 Å². The third-order valence-electron chi connectivity index (χ3n) is 5.22. The Morgan fingerprint density at radius 1 is 1.25 bits per heavy atom. The van der Waals surface area contributed by atoms with Gasteiger partial charge in [-0.05, 0) is 44.8 Å². The predicted octanol–water partition coefficient (Wildman–Crippen LogP) is 3.37. The van der Waals surface area contributed by atoms with Gasteiger partial charge in [-0.15, -0.1) is 0 Å². The molecule has 1 N–H and O–H groups in total. The van der Waals surface area contributed by atoms with E-state index in [-0.39, 0.29) is 11.3 Å². The van der Waals surface area contributed by atoms with E-state index in [1.54, 1.807) is 0 Å². The van der Waals surface area contributed by atoms with E-state index < -0.39 is 5.60 Å². The van der Waals surface area contributed by atoms with E-state index in [1.807, 2.05) is 6.92 Å². The molecule has 3 aliphatic carbocycles. The van der Waals surface area contributed by atoms with Crippen molar-refractivity contribution in [3.05, 3.63) is 34.4 Å². The molecule has 3 aliphatic rings. The second-order valence-corrected chi connectivity index (χ2v) is 5.98. The molecule has 0 aliphatic heterocycles. The molecule has 3 rings (SSSR count). The van der Waals surface area contributed by atoms with Crippen molar-refractivity contribution in [3.63, 3.8) is 0 Å². The molecule has 1 heteroatoms. The zero-order valence-corrected chi connectivity index (χ0v) is 10.6. The van der Waals surface area contributed by atoms with Gasteiger partial charge in [-0.2, -0.15) is 0 Å². The molecule has 1 nitrogen and oxygen atoms in total. The highest BCUT2D eigenvalue weighted by Crippen LogP contribution is 2.66. The lowest BCUT2D eigenvalue weighted by Crippen LogP contribution is -2.47. The minimum absolute atomic E-state index is 0.0835. The highest BCUT2D eigenvalue weighted by molar-refractivity contribution is 5.60. The summed E-state index contributed by atoms with van der Waals surface area (Å²) in [6.45, 7) is 8.56. The molecule has 0 saturated heterocycles. The summed E-state index contributed by atoms with van der Waals surface area (Å²) in [5.41, 5.74) is 5.01. The Morgan fingerprint density at radius 3 is 2.44 bits per heavy atom. The highest BCUT2D eigenvalue weighted by atomic mass is 16.3. The van der Waals surface area contributed by atoms with Crippen LogP contribution in [0.3, 0.4) is 0 Å². The zero-order chi connectivity index (χ0) is 11.7. The first-order valence-electron chi connectivity index (χ1n) is 6.24. The Hall–Kier alpha value is -0.820. The molecule has 86 valence electrons. The minimum Gasteiger partial charge on any atom is -0.389 e. The van der Waals surface area contributed by atoms with Gasteiger partial charge in [-0.1, -0.05) is 30.2 Å². The lowest BCUT2D eigenvalue weighted by molar-refractivity contribution is -0.0392. The quantitative estimate of drug-likeness (QED) is 0.658. The van der Waals surface area contributed by atoms with E-state index in [4.69, 9.17) is 0 Å². The van der Waals surface area contributed by atoms with E-state index in [9.17, 15) is 5.11 Å². The van der Waals surface area contributed by atoms with Crippen LogP contribution in [0.2, 0.25) is 0 Å². The number of fused-ring (bicyclic) bond motifs is 1. The second-order valence-electron chi connectivity index (χ2n) is 5.98. The molecular formula is C15H20O. The van der Waals surface area contributed by atoms with Gasteiger partial charge in [0, 0.05) is 11.3 Å². The van der Waals surface area contributed by atoms with Crippen LogP contribution in [0.5, 0.6) is 0 Å². The van der Waals surface area contributed by atoms with Gasteiger partial charge < -0.3 is 5.11 Å². The van der Waals surface area contributed by atoms with Gasteiger partial charge in [-0.3, -0.25) is 0 Å². The van der Waals surface area contributed by atoms with E-state index in [0.29, 0.717) is 0 Å². The SMILES string of the molecule is CC1=CC2=C(C)C3(CC3)[C@@](C)(O)[C@H](C)C2=C1. The third kappa shape index (κ3) is 0.958. The fraction of sp³-hybridized carbons (Fsp3) is 0.600.